The number of nitrogens with zero attached hydrogens (tertiary/aromatic N) is 1. The normalized spacial score (nSPS) is 16.5. The van der Waals surface area contributed by atoms with E-state index in [1.54, 1.807) is 0 Å². The van der Waals surface area contributed by atoms with Crippen molar-refractivity contribution in [2.75, 3.05) is 4.90 Å². The van der Waals surface area contributed by atoms with Gasteiger partial charge in [-0.2, -0.15) is 0 Å². The minimum Gasteiger partial charge on any atom is -0.310 e. The molecule has 252 valence electrons. The lowest BCUT2D eigenvalue weighted by molar-refractivity contribution is 0.660. The molecule has 1 spiro atoms. The fraction of sp³-hybridized carbons (Fsp3) is 0.115. The largest absolute Gasteiger partial charge is 0.310 e. The molecular formula is C52H39N. The van der Waals surface area contributed by atoms with Crippen LogP contribution in [0.15, 0.2) is 170 Å². The van der Waals surface area contributed by atoms with Crippen molar-refractivity contribution in [2.24, 2.45) is 0 Å². The van der Waals surface area contributed by atoms with Crippen molar-refractivity contribution in [3.63, 3.8) is 0 Å². The van der Waals surface area contributed by atoms with Gasteiger partial charge in [-0.1, -0.05) is 154 Å². The van der Waals surface area contributed by atoms with E-state index < -0.39 is 5.41 Å². The maximum atomic E-state index is 2.53. The molecule has 0 amide bonds. The van der Waals surface area contributed by atoms with E-state index in [2.05, 4.69) is 196 Å². The molecule has 1 nitrogen and oxygen atoms in total. The molecule has 3 aliphatic carbocycles. The van der Waals surface area contributed by atoms with Gasteiger partial charge in [0.1, 0.15) is 0 Å². The Hall–Kier alpha value is -6.18. The number of anilines is 3. The fourth-order valence-corrected chi connectivity index (χ4v) is 10.4. The highest BCUT2D eigenvalue weighted by Crippen LogP contribution is 2.63. The summed E-state index contributed by atoms with van der Waals surface area (Å²) < 4.78 is 0. The van der Waals surface area contributed by atoms with Gasteiger partial charge in [0.05, 0.1) is 5.41 Å². The molecule has 1 heteroatoms. The molecule has 0 saturated heterocycles. The zero-order valence-corrected chi connectivity index (χ0v) is 30.3. The average molecular weight is 678 g/mol. The zero-order valence-electron chi connectivity index (χ0n) is 30.3. The predicted octanol–water partition coefficient (Wildman–Crippen LogP) is 13.5. The van der Waals surface area contributed by atoms with Crippen LogP contribution in [-0.2, 0) is 17.3 Å². The van der Waals surface area contributed by atoms with Gasteiger partial charge in [-0.15, -0.1) is 0 Å². The molecule has 8 aromatic carbocycles. The predicted molar refractivity (Wildman–Crippen MR) is 222 cm³/mol. The van der Waals surface area contributed by atoms with Crippen LogP contribution in [0.4, 0.5) is 17.1 Å². The smallest absolute Gasteiger partial charge is 0.0729 e. The van der Waals surface area contributed by atoms with Gasteiger partial charge < -0.3 is 4.90 Å². The number of benzene rings is 8. The molecule has 0 saturated carbocycles. The van der Waals surface area contributed by atoms with Crippen LogP contribution >= 0.6 is 0 Å². The quantitative estimate of drug-likeness (QED) is 0.179. The minimum absolute atomic E-state index is 0.0949. The van der Waals surface area contributed by atoms with Gasteiger partial charge in [0.25, 0.3) is 0 Å². The van der Waals surface area contributed by atoms with Gasteiger partial charge >= 0.3 is 0 Å². The molecule has 0 radical (unpaired) electrons. The van der Waals surface area contributed by atoms with Crippen molar-refractivity contribution in [2.45, 2.75) is 38.0 Å². The second kappa shape index (κ2) is 10.9. The van der Waals surface area contributed by atoms with Crippen LogP contribution in [0.25, 0.3) is 44.2 Å². The number of hydrogen-bond donors (Lipinski definition) is 0. The standard InChI is InChI=1S/C52H39N/c1-4-33-25-26-34-15-14-21-43-40-20-10-13-24-46(40)52(50(33)49(34)43)45-23-12-9-19-39(45)42-30-28-37(32-48(42)52)53(35-16-6-5-7-17-35)36-27-29-41-38-18-8-11-22-44(38)51(2,3)47(41)31-36/h5-32H,4H2,1-3H3. The van der Waals surface area contributed by atoms with E-state index in [-0.39, 0.29) is 5.41 Å². The lowest BCUT2D eigenvalue weighted by atomic mass is 9.60. The Morgan fingerprint density at radius 2 is 0.943 bits per heavy atom. The minimum atomic E-state index is -0.471. The SMILES string of the molecule is CCc1ccc2cccc3c2c1C1(c2ccccc2-c2ccc(N(c4ccccc4)c4ccc5c(c4)C(C)(C)c4ccccc4-5)cc21)c1ccccc1-3. The second-order valence-electron chi connectivity index (χ2n) is 15.5. The van der Waals surface area contributed by atoms with Gasteiger partial charge in [0.15, 0.2) is 0 Å². The summed E-state index contributed by atoms with van der Waals surface area (Å²) in [7, 11) is 0. The van der Waals surface area contributed by atoms with E-state index in [0.29, 0.717) is 0 Å². The molecule has 1 atom stereocenters. The first kappa shape index (κ1) is 30.4. The maximum absolute atomic E-state index is 2.53. The highest BCUT2D eigenvalue weighted by Gasteiger charge is 2.51. The number of fused-ring (bicyclic) bond motifs is 12. The Kier molecular flexibility index (Phi) is 6.27. The molecule has 0 N–H and O–H groups in total. The van der Waals surface area contributed by atoms with Crippen LogP contribution < -0.4 is 4.90 Å². The summed E-state index contributed by atoms with van der Waals surface area (Å²) in [6, 6.07) is 64.2. The van der Waals surface area contributed by atoms with Crippen molar-refractivity contribution in [3.05, 3.63) is 209 Å². The van der Waals surface area contributed by atoms with E-state index in [9.17, 15) is 0 Å². The van der Waals surface area contributed by atoms with Crippen LogP contribution in [0.1, 0.15) is 59.7 Å². The van der Waals surface area contributed by atoms with E-state index >= 15 is 0 Å². The molecule has 11 rings (SSSR count). The first-order valence-electron chi connectivity index (χ1n) is 19.0. The third-order valence-electron chi connectivity index (χ3n) is 12.6. The van der Waals surface area contributed by atoms with Gasteiger partial charge in [-0.05, 0) is 126 Å². The van der Waals surface area contributed by atoms with E-state index in [1.807, 2.05) is 0 Å². The van der Waals surface area contributed by atoms with Crippen molar-refractivity contribution >= 4 is 27.8 Å². The Labute approximate surface area is 311 Å². The summed E-state index contributed by atoms with van der Waals surface area (Å²) in [6.45, 7) is 7.06. The number of rotatable bonds is 4. The monoisotopic (exact) mass is 677 g/mol. The summed E-state index contributed by atoms with van der Waals surface area (Å²) >= 11 is 0. The third kappa shape index (κ3) is 3.92. The van der Waals surface area contributed by atoms with E-state index in [0.717, 1.165) is 17.8 Å². The highest BCUT2D eigenvalue weighted by molar-refractivity contribution is 6.08. The number of hydrogen-bond acceptors (Lipinski definition) is 1. The highest BCUT2D eigenvalue weighted by atomic mass is 15.1. The molecule has 0 aliphatic heterocycles. The lowest BCUT2D eigenvalue weighted by Gasteiger charge is -2.41. The molecule has 0 fully saturated rings. The molecule has 53 heavy (non-hydrogen) atoms. The first-order valence-corrected chi connectivity index (χ1v) is 19.0. The molecule has 1 unspecified atom stereocenters. The van der Waals surface area contributed by atoms with Crippen LogP contribution in [0, 0.1) is 0 Å². The van der Waals surface area contributed by atoms with Crippen LogP contribution in [-0.4, -0.2) is 0 Å². The average Bonchev–Trinajstić information content (AvgIpc) is 3.62. The van der Waals surface area contributed by atoms with Gasteiger partial charge in [-0.3, -0.25) is 0 Å². The summed E-state index contributed by atoms with van der Waals surface area (Å²) in [4.78, 5) is 2.47. The Balaban J connectivity index is 1.22. The molecule has 3 aliphatic rings. The number of para-hydroxylation sites is 1. The number of aryl methyl sites for hydroxylation is 1. The Bertz CT molecular complexity index is 2810. The summed E-state index contributed by atoms with van der Waals surface area (Å²) in [6.07, 6.45) is 0.962. The van der Waals surface area contributed by atoms with Crippen LogP contribution in [0.3, 0.4) is 0 Å². The van der Waals surface area contributed by atoms with E-state index in [4.69, 9.17) is 0 Å². The first-order chi connectivity index (χ1) is 26.0. The molecule has 0 bridgehead atoms. The van der Waals surface area contributed by atoms with Gasteiger partial charge in [0.2, 0.25) is 0 Å². The third-order valence-corrected chi connectivity index (χ3v) is 12.6. The summed E-state index contributed by atoms with van der Waals surface area (Å²) in [5.74, 6) is 0. The lowest BCUT2D eigenvalue weighted by Crippen LogP contribution is -2.33. The molecule has 8 aromatic rings. The molecular weight excluding hydrogens is 639 g/mol. The van der Waals surface area contributed by atoms with Crippen LogP contribution in [0.2, 0.25) is 0 Å². The topological polar surface area (TPSA) is 3.24 Å². The Morgan fingerprint density at radius 3 is 1.62 bits per heavy atom. The zero-order chi connectivity index (χ0) is 35.5. The van der Waals surface area contributed by atoms with Crippen molar-refractivity contribution in [1.29, 1.82) is 0 Å². The summed E-state index contributed by atoms with van der Waals surface area (Å²) in [5, 5.41) is 2.69. The molecule has 0 aromatic heterocycles. The van der Waals surface area contributed by atoms with Crippen molar-refractivity contribution in [3.8, 4) is 33.4 Å². The second-order valence-corrected chi connectivity index (χ2v) is 15.5. The van der Waals surface area contributed by atoms with Gasteiger partial charge in [-0.25, -0.2) is 0 Å². The van der Waals surface area contributed by atoms with Crippen molar-refractivity contribution in [1.82, 2.24) is 0 Å². The fourth-order valence-electron chi connectivity index (χ4n) is 10.4. The summed E-state index contributed by atoms with van der Waals surface area (Å²) in [5.41, 5.74) is 20.6. The van der Waals surface area contributed by atoms with E-state index in [1.165, 1.54) is 88.8 Å². The van der Waals surface area contributed by atoms with Crippen LogP contribution in [0.5, 0.6) is 0 Å². The van der Waals surface area contributed by atoms with Gasteiger partial charge in [0, 0.05) is 22.5 Å². The Morgan fingerprint density at radius 1 is 0.415 bits per heavy atom. The molecule has 0 heterocycles. The maximum Gasteiger partial charge on any atom is 0.0729 e. The van der Waals surface area contributed by atoms with Crippen molar-refractivity contribution < 1.29 is 0 Å².